The molecule has 0 heterocycles. The van der Waals surface area contributed by atoms with Gasteiger partial charge in [-0.05, 0) is 60.7 Å². The lowest BCUT2D eigenvalue weighted by molar-refractivity contribution is 0.0959. The van der Waals surface area contributed by atoms with Crippen molar-refractivity contribution in [3.8, 4) is 5.75 Å². The van der Waals surface area contributed by atoms with Crippen molar-refractivity contribution in [3.05, 3.63) is 64.0 Å². The maximum absolute atomic E-state index is 14.1. The Hall–Kier alpha value is -2.40. The SMILES string of the molecule is CNC(=O)c1ccc(Cc2ccc(OCCN)c(C)c2C)cc1F. The molecule has 2 rings (SSSR count). The molecule has 1 amide bonds. The van der Waals surface area contributed by atoms with Crippen LogP contribution in [0.1, 0.15) is 32.6 Å². The van der Waals surface area contributed by atoms with Crippen LogP contribution in [0, 0.1) is 19.7 Å². The van der Waals surface area contributed by atoms with E-state index in [0.717, 1.165) is 28.0 Å². The Balaban J connectivity index is 2.24. The van der Waals surface area contributed by atoms with E-state index in [0.29, 0.717) is 19.6 Å². The Morgan fingerprint density at radius 1 is 1.21 bits per heavy atom. The molecule has 0 saturated heterocycles. The van der Waals surface area contributed by atoms with E-state index in [-0.39, 0.29) is 5.56 Å². The van der Waals surface area contributed by atoms with Gasteiger partial charge in [-0.2, -0.15) is 0 Å². The molecule has 2 aromatic rings. The zero-order valence-electron chi connectivity index (χ0n) is 14.3. The van der Waals surface area contributed by atoms with Gasteiger partial charge in [0.05, 0.1) is 5.56 Å². The van der Waals surface area contributed by atoms with E-state index in [1.54, 1.807) is 6.07 Å². The van der Waals surface area contributed by atoms with Gasteiger partial charge in [0.15, 0.2) is 0 Å². The van der Waals surface area contributed by atoms with Gasteiger partial charge in [-0.3, -0.25) is 4.79 Å². The van der Waals surface area contributed by atoms with Crippen molar-refractivity contribution >= 4 is 5.91 Å². The van der Waals surface area contributed by atoms with Crippen molar-refractivity contribution in [2.45, 2.75) is 20.3 Å². The van der Waals surface area contributed by atoms with Crippen LogP contribution in [0.5, 0.6) is 5.75 Å². The second-order valence-electron chi connectivity index (χ2n) is 5.68. The van der Waals surface area contributed by atoms with E-state index in [9.17, 15) is 9.18 Å². The van der Waals surface area contributed by atoms with E-state index in [1.807, 2.05) is 26.0 Å². The third-order valence-corrected chi connectivity index (χ3v) is 4.12. The van der Waals surface area contributed by atoms with Crippen molar-refractivity contribution in [1.82, 2.24) is 5.32 Å². The third-order valence-electron chi connectivity index (χ3n) is 4.12. The predicted molar refractivity (Wildman–Crippen MR) is 93.1 cm³/mol. The summed E-state index contributed by atoms with van der Waals surface area (Å²) in [6.07, 6.45) is 0.592. The molecule has 0 spiro atoms. The van der Waals surface area contributed by atoms with Crippen LogP contribution in [0.15, 0.2) is 30.3 Å². The Bertz CT molecular complexity index is 744. The van der Waals surface area contributed by atoms with Gasteiger partial charge in [-0.15, -0.1) is 0 Å². The number of halogens is 1. The van der Waals surface area contributed by atoms with Crippen LogP contribution in [0.25, 0.3) is 0 Å². The number of hydrogen-bond acceptors (Lipinski definition) is 3. The lowest BCUT2D eigenvalue weighted by Crippen LogP contribution is -2.19. The van der Waals surface area contributed by atoms with Crippen LogP contribution in [0.2, 0.25) is 0 Å². The molecule has 3 N–H and O–H groups in total. The van der Waals surface area contributed by atoms with Crippen molar-refractivity contribution in [1.29, 1.82) is 0 Å². The molecule has 0 saturated carbocycles. The van der Waals surface area contributed by atoms with E-state index in [2.05, 4.69) is 5.32 Å². The number of carbonyl (C=O) groups is 1. The Labute approximate surface area is 141 Å². The fraction of sp³-hybridized carbons (Fsp3) is 0.316. The molecule has 0 bridgehead atoms. The molecule has 4 nitrogen and oxygen atoms in total. The molecule has 24 heavy (non-hydrogen) atoms. The summed E-state index contributed by atoms with van der Waals surface area (Å²) in [4.78, 5) is 11.6. The van der Waals surface area contributed by atoms with Gasteiger partial charge < -0.3 is 15.8 Å². The molecule has 0 radical (unpaired) electrons. The van der Waals surface area contributed by atoms with E-state index < -0.39 is 11.7 Å². The summed E-state index contributed by atoms with van der Waals surface area (Å²) >= 11 is 0. The highest BCUT2D eigenvalue weighted by molar-refractivity contribution is 5.94. The zero-order chi connectivity index (χ0) is 17.7. The van der Waals surface area contributed by atoms with E-state index in [4.69, 9.17) is 10.5 Å². The van der Waals surface area contributed by atoms with Crippen molar-refractivity contribution in [3.63, 3.8) is 0 Å². The highest BCUT2D eigenvalue weighted by atomic mass is 19.1. The van der Waals surface area contributed by atoms with Crippen LogP contribution in [-0.4, -0.2) is 26.1 Å². The van der Waals surface area contributed by atoms with Gasteiger partial charge in [0.2, 0.25) is 0 Å². The molecule has 0 aliphatic carbocycles. The van der Waals surface area contributed by atoms with Gasteiger partial charge in [-0.25, -0.2) is 4.39 Å². The second kappa shape index (κ2) is 7.93. The summed E-state index contributed by atoms with van der Waals surface area (Å²) in [6.45, 7) is 4.97. The molecular formula is C19H23FN2O2. The normalized spacial score (nSPS) is 10.5. The Morgan fingerprint density at radius 3 is 2.58 bits per heavy atom. The number of nitrogens with one attached hydrogen (secondary N) is 1. The molecule has 0 fully saturated rings. The first-order valence-corrected chi connectivity index (χ1v) is 7.90. The van der Waals surface area contributed by atoms with Crippen molar-refractivity contribution in [2.24, 2.45) is 5.73 Å². The van der Waals surface area contributed by atoms with Crippen LogP contribution in [-0.2, 0) is 6.42 Å². The standard InChI is InChI=1S/C19H23FN2O2/c1-12-13(2)18(24-9-8-21)7-5-15(12)10-14-4-6-16(17(20)11-14)19(23)22-3/h4-7,11H,8-10,21H2,1-3H3,(H,22,23). The summed E-state index contributed by atoms with van der Waals surface area (Å²) < 4.78 is 19.7. The molecule has 5 heteroatoms. The van der Waals surface area contributed by atoms with Crippen LogP contribution < -0.4 is 15.8 Å². The predicted octanol–water partition coefficient (Wildman–Crippen LogP) is 2.73. The average Bonchev–Trinajstić information content (AvgIpc) is 2.58. The van der Waals surface area contributed by atoms with Crippen molar-refractivity contribution in [2.75, 3.05) is 20.2 Å². The first-order chi connectivity index (χ1) is 11.5. The van der Waals surface area contributed by atoms with Gasteiger partial charge >= 0.3 is 0 Å². The molecule has 0 atom stereocenters. The highest BCUT2D eigenvalue weighted by Gasteiger charge is 2.12. The maximum atomic E-state index is 14.1. The van der Waals surface area contributed by atoms with Gasteiger partial charge in [0.25, 0.3) is 5.91 Å². The third kappa shape index (κ3) is 3.92. The number of rotatable bonds is 6. The summed E-state index contributed by atoms with van der Waals surface area (Å²) in [5.74, 6) is -0.112. The second-order valence-corrected chi connectivity index (χ2v) is 5.68. The molecule has 0 aliphatic rings. The lowest BCUT2D eigenvalue weighted by atomic mass is 9.96. The number of benzene rings is 2. The van der Waals surface area contributed by atoms with Gasteiger partial charge in [0, 0.05) is 13.6 Å². The summed E-state index contributed by atoms with van der Waals surface area (Å²) in [5.41, 5.74) is 9.61. The Kier molecular flexibility index (Phi) is 5.93. The summed E-state index contributed by atoms with van der Waals surface area (Å²) in [5, 5.41) is 2.43. The fourth-order valence-corrected chi connectivity index (χ4v) is 2.58. The van der Waals surface area contributed by atoms with Crippen LogP contribution in [0.3, 0.4) is 0 Å². The smallest absolute Gasteiger partial charge is 0.253 e. The van der Waals surface area contributed by atoms with E-state index in [1.165, 1.54) is 19.2 Å². The van der Waals surface area contributed by atoms with E-state index >= 15 is 0 Å². The zero-order valence-corrected chi connectivity index (χ0v) is 14.3. The first-order valence-electron chi connectivity index (χ1n) is 7.90. The molecular weight excluding hydrogens is 307 g/mol. The Morgan fingerprint density at radius 2 is 1.96 bits per heavy atom. The van der Waals surface area contributed by atoms with Gasteiger partial charge in [0.1, 0.15) is 18.2 Å². The summed E-state index contributed by atoms with van der Waals surface area (Å²) in [7, 11) is 1.48. The number of hydrogen-bond donors (Lipinski definition) is 2. The number of carbonyl (C=O) groups excluding carboxylic acids is 1. The maximum Gasteiger partial charge on any atom is 0.253 e. The summed E-state index contributed by atoms with van der Waals surface area (Å²) in [6, 6.07) is 8.62. The van der Waals surface area contributed by atoms with Crippen LogP contribution in [0.4, 0.5) is 4.39 Å². The largest absolute Gasteiger partial charge is 0.492 e. The average molecular weight is 330 g/mol. The quantitative estimate of drug-likeness (QED) is 0.856. The minimum absolute atomic E-state index is 0.0553. The molecule has 128 valence electrons. The number of amides is 1. The van der Waals surface area contributed by atoms with Crippen LogP contribution >= 0.6 is 0 Å². The molecule has 2 aromatic carbocycles. The van der Waals surface area contributed by atoms with Crippen molar-refractivity contribution < 1.29 is 13.9 Å². The highest BCUT2D eigenvalue weighted by Crippen LogP contribution is 2.26. The minimum Gasteiger partial charge on any atom is -0.492 e. The monoisotopic (exact) mass is 330 g/mol. The first kappa shape index (κ1) is 17.9. The topological polar surface area (TPSA) is 64.3 Å². The molecule has 0 aromatic heterocycles. The molecule has 0 unspecified atom stereocenters. The van der Waals surface area contributed by atoms with Gasteiger partial charge in [-0.1, -0.05) is 12.1 Å². The molecule has 0 aliphatic heterocycles. The fourth-order valence-electron chi connectivity index (χ4n) is 2.58. The minimum atomic E-state index is -0.510. The lowest BCUT2D eigenvalue weighted by Gasteiger charge is -2.14. The number of ether oxygens (including phenoxy) is 1. The number of nitrogens with two attached hydrogens (primary N) is 1.